The molecule has 3 amide bonds. The Morgan fingerprint density at radius 2 is 1.70 bits per heavy atom. The van der Waals surface area contributed by atoms with Crippen molar-refractivity contribution in [3.05, 3.63) is 29.8 Å². The van der Waals surface area contributed by atoms with E-state index in [-0.39, 0.29) is 24.0 Å². The highest BCUT2D eigenvalue weighted by Crippen LogP contribution is 2.25. The second-order valence-corrected chi connectivity index (χ2v) is 7.96. The van der Waals surface area contributed by atoms with Crippen molar-refractivity contribution in [2.24, 2.45) is 0 Å². The number of carbonyl (C=O) groups excluding carboxylic acids is 2. The fourth-order valence-corrected chi connectivity index (χ4v) is 4.31. The summed E-state index contributed by atoms with van der Waals surface area (Å²) in [5, 5.41) is 3.06. The smallest absolute Gasteiger partial charge is 0.317 e. The molecule has 0 aromatic heterocycles. The first-order valence-electron chi connectivity index (χ1n) is 11.3. The van der Waals surface area contributed by atoms with Crippen LogP contribution < -0.4 is 10.1 Å². The van der Waals surface area contributed by atoms with Crippen LogP contribution in [0, 0.1) is 0 Å². The third kappa shape index (κ3) is 5.65. The molecule has 1 aromatic carbocycles. The number of benzene rings is 1. The summed E-state index contributed by atoms with van der Waals surface area (Å²) >= 11 is 0. The van der Waals surface area contributed by atoms with Crippen LogP contribution in [-0.4, -0.2) is 73.3 Å². The highest BCUT2D eigenvalue weighted by molar-refractivity contribution is 5.94. The summed E-state index contributed by atoms with van der Waals surface area (Å²) in [5.74, 6) is 0.822. The highest BCUT2D eigenvalue weighted by Gasteiger charge is 2.35. The van der Waals surface area contributed by atoms with Crippen LogP contribution in [0.1, 0.15) is 56.3 Å². The van der Waals surface area contributed by atoms with E-state index < -0.39 is 0 Å². The van der Waals surface area contributed by atoms with E-state index in [2.05, 4.69) is 17.1 Å². The van der Waals surface area contributed by atoms with E-state index in [1.807, 2.05) is 36.1 Å². The summed E-state index contributed by atoms with van der Waals surface area (Å²) in [6.07, 6.45) is 4.29. The Hall–Kier alpha value is -2.28. The molecule has 2 aliphatic rings. The number of amides is 3. The Kier molecular flexibility index (Phi) is 8.37. The van der Waals surface area contributed by atoms with Crippen molar-refractivity contribution in [2.75, 3.05) is 39.5 Å². The molecule has 7 heteroatoms. The lowest BCUT2D eigenvalue weighted by atomic mass is 9.97. The number of likely N-dealkylation sites (tertiary alicyclic amines) is 1. The minimum atomic E-state index is 0.0278. The van der Waals surface area contributed by atoms with Gasteiger partial charge in [-0.1, -0.05) is 6.92 Å². The van der Waals surface area contributed by atoms with E-state index >= 15 is 0 Å². The average molecular weight is 418 g/mol. The normalized spacial score (nSPS) is 18.1. The number of rotatable bonds is 7. The molecule has 166 valence electrons. The molecule has 0 bridgehead atoms. The van der Waals surface area contributed by atoms with E-state index in [1.165, 1.54) is 0 Å². The molecule has 2 fully saturated rings. The largest absolute Gasteiger partial charge is 0.494 e. The van der Waals surface area contributed by atoms with Crippen LogP contribution in [0.15, 0.2) is 24.3 Å². The molecular weight excluding hydrogens is 382 g/mol. The van der Waals surface area contributed by atoms with Crippen molar-refractivity contribution >= 4 is 11.9 Å². The van der Waals surface area contributed by atoms with Gasteiger partial charge in [0, 0.05) is 50.5 Å². The van der Waals surface area contributed by atoms with E-state index in [9.17, 15) is 9.59 Å². The zero-order valence-electron chi connectivity index (χ0n) is 18.3. The molecule has 0 aliphatic carbocycles. The number of piperidine rings is 1. The number of hydrogen-bond donors (Lipinski definition) is 1. The summed E-state index contributed by atoms with van der Waals surface area (Å²) in [4.78, 5) is 29.8. The van der Waals surface area contributed by atoms with Gasteiger partial charge < -0.3 is 24.6 Å². The van der Waals surface area contributed by atoms with Gasteiger partial charge in [0.15, 0.2) is 0 Å². The van der Waals surface area contributed by atoms with Crippen LogP contribution >= 0.6 is 0 Å². The van der Waals surface area contributed by atoms with Crippen LogP contribution in [-0.2, 0) is 4.74 Å². The first kappa shape index (κ1) is 22.4. The molecule has 7 nitrogen and oxygen atoms in total. The summed E-state index contributed by atoms with van der Waals surface area (Å²) in [7, 11) is 0. The fraction of sp³-hybridized carbons (Fsp3) is 0.652. The molecule has 0 radical (unpaired) electrons. The van der Waals surface area contributed by atoms with Gasteiger partial charge in [0.25, 0.3) is 5.91 Å². The maximum Gasteiger partial charge on any atom is 0.317 e. The third-order valence-electron chi connectivity index (χ3n) is 5.90. The summed E-state index contributed by atoms with van der Waals surface area (Å²) in [6, 6.07) is 7.74. The van der Waals surface area contributed by atoms with E-state index in [0.717, 1.165) is 37.9 Å². The van der Waals surface area contributed by atoms with E-state index in [1.54, 1.807) is 0 Å². The van der Waals surface area contributed by atoms with Crippen molar-refractivity contribution in [3.63, 3.8) is 0 Å². The molecule has 1 aromatic rings. The lowest BCUT2D eigenvalue weighted by Crippen LogP contribution is -2.56. The minimum absolute atomic E-state index is 0.0278. The molecule has 1 N–H and O–H groups in total. The number of hydrogen-bond acceptors (Lipinski definition) is 4. The average Bonchev–Trinajstić information content (AvgIpc) is 2.79. The highest BCUT2D eigenvalue weighted by atomic mass is 16.5. The van der Waals surface area contributed by atoms with Gasteiger partial charge in [-0.15, -0.1) is 0 Å². The number of nitrogens with one attached hydrogen (secondary N) is 1. The topological polar surface area (TPSA) is 71.1 Å². The van der Waals surface area contributed by atoms with Crippen molar-refractivity contribution in [3.8, 4) is 5.75 Å². The Morgan fingerprint density at radius 3 is 2.30 bits per heavy atom. The zero-order chi connectivity index (χ0) is 21.3. The van der Waals surface area contributed by atoms with Gasteiger partial charge in [-0.3, -0.25) is 4.79 Å². The summed E-state index contributed by atoms with van der Waals surface area (Å²) in [5.41, 5.74) is 0.680. The van der Waals surface area contributed by atoms with Gasteiger partial charge >= 0.3 is 6.03 Å². The van der Waals surface area contributed by atoms with Crippen LogP contribution in [0.2, 0.25) is 0 Å². The van der Waals surface area contributed by atoms with Crippen LogP contribution in [0.3, 0.4) is 0 Å². The molecule has 0 saturated carbocycles. The first-order chi connectivity index (χ1) is 14.6. The van der Waals surface area contributed by atoms with E-state index in [0.29, 0.717) is 45.0 Å². The predicted octanol–water partition coefficient (Wildman–Crippen LogP) is 3.29. The predicted molar refractivity (Wildman–Crippen MR) is 116 cm³/mol. The molecule has 30 heavy (non-hydrogen) atoms. The van der Waals surface area contributed by atoms with Crippen LogP contribution in [0.25, 0.3) is 0 Å². The Bertz CT molecular complexity index is 680. The third-order valence-corrected chi connectivity index (χ3v) is 5.90. The molecule has 2 aliphatic heterocycles. The van der Waals surface area contributed by atoms with Gasteiger partial charge in [-0.25, -0.2) is 4.79 Å². The molecular formula is C23H35N3O4. The quantitative estimate of drug-likeness (QED) is 0.739. The Balaban J connectivity index is 1.60. The number of urea groups is 1. The Labute approximate surface area is 179 Å². The van der Waals surface area contributed by atoms with Gasteiger partial charge in [0.1, 0.15) is 5.75 Å². The van der Waals surface area contributed by atoms with Crippen molar-refractivity contribution in [2.45, 2.75) is 58.0 Å². The zero-order valence-corrected chi connectivity index (χ0v) is 18.3. The second-order valence-electron chi connectivity index (χ2n) is 7.96. The van der Waals surface area contributed by atoms with Crippen LogP contribution in [0.5, 0.6) is 5.75 Å². The molecule has 0 unspecified atom stereocenters. The number of nitrogens with zero attached hydrogens (tertiary/aromatic N) is 2. The van der Waals surface area contributed by atoms with Crippen molar-refractivity contribution in [1.29, 1.82) is 0 Å². The summed E-state index contributed by atoms with van der Waals surface area (Å²) in [6.45, 7) is 8.03. The van der Waals surface area contributed by atoms with Gasteiger partial charge in [-0.05, 0) is 63.3 Å². The van der Waals surface area contributed by atoms with Gasteiger partial charge in [0.2, 0.25) is 0 Å². The number of carbonyl (C=O) groups is 2. The SMILES string of the molecule is CCCNC(=O)N(C1CCOCC1)C1CCN(C(=O)c2ccc(OCC)cc2)CC1. The van der Waals surface area contributed by atoms with Crippen molar-refractivity contribution < 1.29 is 19.1 Å². The fourth-order valence-electron chi connectivity index (χ4n) is 4.31. The molecule has 3 rings (SSSR count). The van der Waals surface area contributed by atoms with Crippen LogP contribution in [0.4, 0.5) is 4.79 Å². The second kappa shape index (κ2) is 11.2. The first-order valence-corrected chi connectivity index (χ1v) is 11.3. The maximum absolute atomic E-state index is 12.9. The lowest BCUT2D eigenvalue weighted by Gasteiger charge is -2.43. The number of ether oxygens (including phenoxy) is 2. The standard InChI is InChI=1S/C23H35N3O4/c1-3-13-24-23(28)26(20-11-16-29-17-12-20)19-9-14-25(15-10-19)22(27)18-5-7-21(8-6-18)30-4-2/h5-8,19-20H,3-4,9-17H2,1-2H3,(H,24,28). The monoisotopic (exact) mass is 417 g/mol. The molecule has 2 heterocycles. The Morgan fingerprint density at radius 1 is 1.07 bits per heavy atom. The molecule has 2 saturated heterocycles. The van der Waals surface area contributed by atoms with E-state index in [4.69, 9.17) is 9.47 Å². The van der Waals surface area contributed by atoms with Crippen molar-refractivity contribution in [1.82, 2.24) is 15.1 Å². The van der Waals surface area contributed by atoms with Gasteiger partial charge in [-0.2, -0.15) is 0 Å². The van der Waals surface area contributed by atoms with Gasteiger partial charge in [0.05, 0.1) is 6.61 Å². The molecule has 0 atom stereocenters. The summed E-state index contributed by atoms with van der Waals surface area (Å²) < 4.78 is 11.0. The lowest BCUT2D eigenvalue weighted by molar-refractivity contribution is 0.0209. The maximum atomic E-state index is 12.9. The minimum Gasteiger partial charge on any atom is -0.494 e. The molecule has 0 spiro atoms.